The summed E-state index contributed by atoms with van der Waals surface area (Å²) in [4.78, 5) is 12.4. The summed E-state index contributed by atoms with van der Waals surface area (Å²) in [7, 11) is 1.48. The predicted octanol–water partition coefficient (Wildman–Crippen LogP) is 6.27. The minimum Gasteiger partial charge on any atom is -0.493 e. The second-order valence-corrected chi connectivity index (χ2v) is 7.34. The zero-order valence-corrected chi connectivity index (χ0v) is 18.4. The van der Waals surface area contributed by atoms with Crippen LogP contribution in [0.25, 0.3) is 6.08 Å². The quantitative estimate of drug-likeness (QED) is 0.326. The molecule has 0 heterocycles. The molecule has 0 aliphatic carbocycles. The molecule has 3 aromatic carbocycles. The van der Waals surface area contributed by atoms with Crippen LogP contribution in [0.5, 0.6) is 11.5 Å². The Morgan fingerprint density at radius 3 is 2.41 bits per heavy atom. The summed E-state index contributed by atoms with van der Waals surface area (Å²) in [5, 5.41) is 12.9. The lowest BCUT2D eigenvalue weighted by Gasteiger charge is -2.13. The van der Waals surface area contributed by atoms with Gasteiger partial charge in [-0.05, 0) is 60.2 Å². The van der Waals surface area contributed by atoms with Crippen LogP contribution in [0.3, 0.4) is 0 Å². The largest absolute Gasteiger partial charge is 0.493 e. The molecule has 0 aromatic heterocycles. The number of anilines is 1. The average molecular weight is 471 g/mol. The Labute approximate surface area is 194 Å². The molecular weight excluding hydrogens is 454 g/mol. The summed E-state index contributed by atoms with van der Waals surface area (Å²) in [6.07, 6.45) is 1.41. The summed E-state index contributed by atoms with van der Waals surface area (Å²) in [5.74, 6) is -0.204. The minimum atomic E-state index is -0.619. The molecule has 3 rings (SSSR count). The third kappa shape index (κ3) is 5.79. The number of benzene rings is 3. The third-order valence-corrected chi connectivity index (χ3v) is 5.11. The Balaban J connectivity index is 1.77. The molecule has 0 atom stereocenters. The molecule has 0 saturated heterocycles. The SMILES string of the molecule is COc1cc(/C=C(/C#N)C(=O)Nc2ccc(F)cc2)ccc1OCc1c(Cl)cccc1Cl. The van der Waals surface area contributed by atoms with E-state index in [4.69, 9.17) is 32.7 Å². The fourth-order valence-corrected chi connectivity index (χ4v) is 3.27. The molecule has 0 aliphatic heterocycles. The van der Waals surface area contributed by atoms with Gasteiger partial charge in [0, 0.05) is 21.3 Å². The molecule has 32 heavy (non-hydrogen) atoms. The van der Waals surface area contributed by atoms with Crippen LogP contribution in [0.2, 0.25) is 10.0 Å². The van der Waals surface area contributed by atoms with Gasteiger partial charge in [-0.1, -0.05) is 35.3 Å². The van der Waals surface area contributed by atoms with Crippen LogP contribution in [0, 0.1) is 17.1 Å². The number of amides is 1. The molecule has 1 N–H and O–H groups in total. The standard InChI is InChI=1S/C24H17Cl2FN2O3/c1-31-23-12-15(5-10-22(23)32-14-19-20(25)3-2-4-21(19)26)11-16(13-28)24(30)29-18-8-6-17(27)7-9-18/h2-12H,14H2,1H3,(H,29,30)/b16-11-. The zero-order chi connectivity index (χ0) is 23.1. The molecule has 0 fully saturated rings. The van der Waals surface area contributed by atoms with Crippen molar-refractivity contribution >= 4 is 40.9 Å². The maximum absolute atomic E-state index is 13.0. The first-order valence-corrected chi connectivity index (χ1v) is 10.1. The van der Waals surface area contributed by atoms with Gasteiger partial charge in [0.2, 0.25) is 0 Å². The Morgan fingerprint density at radius 1 is 1.09 bits per heavy atom. The van der Waals surface area contributed by atoms with E-state index in [0.29, 0.717) is 38.4 Å². The lowest BCUT2D eigenvalue weighted by Crippen LogP contribution is -2.13. The molecule has 0 radical (unpaired) electrons. The number of methoxy groups -OCH3 is 1. The first kappa shape index (κ1) is 23.1. The number of hydrogen-bond donors (Lipinski definition) is 1. The number of nitriles is 1. The van der Waals surface area contributed by atoms with E-state index in [1.807, 2.05) is 6.07 Å². The highest BCUT2D eigenvalue weighted by Crippen LogP contribution is 2.32. The van der Waals surface area contributed by atoms with Crippen molar-refractivity contribution in [3.05, 3.63) is 93.2 Å². The summed E-state index contributed by atoms with van der Waals surface area (Å²) in [6.45, 7) is 0.133. The summed E-state index contributed by atoms with van der Waals surface area (Å²) in [5.41, 5.74) is 1.44. The van der Waals surface area contributed by atoms with E-state index in [-0.39, 0.29) is 12.2 Å². The van der Waals surface area contributed by atoms with Crippen LogP contribution in [0.15, 0.2) is 66.2 Å². The van der Waals surface area contributed by atoms with Gasteiger partial charge in [-0.15, -0.1) is 0 Å². The zero-order valence-electron chi connectivity index (χ0n) is 16.9. The van der Waals surface area contributed by atoms with E-state index in [2.05, 4.69) is 5.32 Å². The predicted molar refractivity (Wildman–Crippen MR) is 122 cm³/mol. The van der Waals surface area contributed by atoms with E-state index in [9.17, 15) is 14.4 Å². The molecule has 0 aliphatic rings. The van der Waals surface area contributed by atoms with Crippen molar-refractivity contribution in [1.29, 1.82) is 5.26 Å². The molecule has 3 aromatic rings. The Kier molecular flexibility index (Phi) is 7.72. The normalized spacial score (nSPS) is 10.9. The molecule has 0 spiro atoms. The second kappa shape index (κ2) is 10.7. The van der Waals surface area contributed by atoms with E-state index in [0.717, 1.165) is 0 Å². The van der Waals surface area contributed by atoms with Gasteiger partial charge in [-0.2, -0.15) is 5.26 Å². The van der Waals surface area contributed by atoms with Crippen molar-refractivity contribution in [2.45, 2.75) is 6.61 Å². The van der Waals surface area contributed by atoms with Gasteiger partial charge in [-0.25, -0.2) is 4.39 Å². The lowest BCUT2D eigenvalue weighted by molar-refractivity contribution is -0.112. The van der Waals surface area contributed by atoms with Crippen LogP contribution in [0.1, 0.15) is 11.1 Å². The van der Waals surface area contributed by atoms with Gasteiger partial charge in [0.15, 0.2) is 11.5 Å². The highest BCUT2D eigenvalue weighted by molar-refractivity contribution is 6.35. The van der Waals surface area contributed by atoms with Crippen molar-refractivity contribution in [3.63, 3.8) is 0 Å². The lowest BCUT2D eigenvalue weighted by atomic mass is 10.1. The topological polar surface area (TPSA) is 71.3 Å². The monoisotopic (exact) mass is 470 g/mol. The highest BCUT2D eigenvalue weighted by Gasteiger charge is 2.13. The Morgan fingerprint density at radius 2 is 1.78 bits per heavy atom. The van der Waals surface area contributed by atoms with Crippen LogP contribution in [-0.2, 0) is 11.4 Å². The van der Waals surface area contributed by atoms with E-state index in [1.54, 1.807) is 36.4 Å². The first-order chi connectivity index (χ1) is 15.4. The number of ether oxygens (including phenoxy) is 2. The first-order valence-electron chi connectivity index (χ1n) is 9.33. The number of rotatable bonds is 7. The van der Waals surface area contributed by atoms with Gasteiger partial charge in [0.1, 0.15) is 24.1 Å². The second-order valence-electron chi connectivity index (χ2n) is 6.53. The van der Waals surface area contributed by atoms with E-state index < -0.39 is 11.7 Å². The Hall–Kier alpha value is -3.53. The van der Waals surface area contributed by atoms with Gasteiger partial charge in [0.25, 0.3) is 5.91 Å². The van der Waals surface area contributed by atoms with E-state index in [1.165, 1.54) is 37.5 Å². The molecule has 8 heteroatoms. The number of carbonyl (C=O) groups excluding carboxylic acids is 1. The number of hydrogen-bond acceptors (Lipinski definition) is 4. The molecular formula is C24H17Cl2FN2O3. The summed E-state index contributed by atoms with van der Waals surface area (Å²) in [6, 6.07) is 17.2. The minimum absolute atomic E-state index is 0.132. The fraction of sp³-hybridized carbons (Fsp3) is 0.0833. The van der Waals surface area contributed by atoms with Crippen molar-refractivity contribution in [1.82, 2.24) is 0 Å². The van der Waals surface area contributed by atoms with Crippen LogP contribution in [-0.4, -0.2) is 13.0 Å². The smallest absolute Gasteiger partial charge is 0.266 e. The Bertz CT molecular complexity index is 1180. The van der Waals surface area contributed by atoms with Crippen molar-refractivity contribution in [2.24, 2.45) is 0 Å². The number of carbonyl (C=O) groups is 1. The molecule has 0 unspecified atom stereocenters. The molecule has 5 nitrogen and oxygen atoms in total. The van der Waals surface area contributed by atoms with Gasteiger partial charge < -0.3 is 14.8 Å². The molecule has 162 valence electrons. The van der Waals surface area contributed by atoms with Crippen molar-refractivity contribution in [3.8, 4) is 17.6 Å². The fourth-order valence-electron chi connectivity index (χ4n) is 2.76. The summed E-state index contributed by atoms with van der Waals surface area (Å²) >= 11 is 12.3. The average Bonchev–Trinajstić information content (AvgIpc) is 2.79. The number of halogens is 3. The third-order valence-electron chi connectivity index (χ3n) is 4.40. The van der Waals surface area contributed by atoms with Crippen LogP contribution < -0.4 is 14.8 Å². The van der Waals surface area contributed by atoms with Crippen LogP contribution in [0.4, 0.5) is 10.1 Å². The molecule has 0 bridgehead atoms. The highest BCUT2D eigenvalue weighted by atomic mass is 35.5. The van der Waals surface area contributed by atoms with Gasteiger partial charge in [-0.3, -0.25) is 4.79 Å². The molecule has 0 saturated carbocycles. The van der Waals surface area contributed by atoms with Gasteiger partial charge >= 0.3 is 0 Å². The maximum atomic E-state index is 13.0. The van der Waals surface area contributed by atoms with E-state index >= 15 is 0 Å². The summed E-state index contributed by atoms with van der Waals surface area (Å²) < 4.78 is 24.2. The maximum Gasteiger partial charge on any atom is 0.266 e. The number of nitrogens with one attached hydrogen (secondary N) is 1. The molecule has 1 amide bonds. The number of nitrogens with zero attached hydrogens (tertiary/aromatic N) is 1. The van der Waals surface area contributed by atoms with Gasteiger partial charge in [0.05, 0.1) is 7.11 Å². The van der Waals surface area contributed by atoms with Crippen LogP contribution >= 0.6 is 23.2 Å². The van der Waals surface area contributed by atoms with Crippen molar-refractivity contribution < 1.29 is 18.7 Å². The van der Waals surface area contributed by atoms with Crippen molar-refractivity contribution in [2.75, 3.05) is 12.4 Å².